The molecule has 7 nitrogen and oxygen atoms in total. The third-order valence-electron chi connectivity index (χ3n) is 5.57. The van der Waals surface area contributed by atoms with Crippen molar-refractivity contribution in [3.05, 3.63) is 72.1 Å². The lowest BCUT2D eigenvalue weighted by Gasteiger charge is -2.34. The zero-order chi connectivity index (χ0) is 22.2. The molecule has 166 valence electrons. The Morgan fingerprint density at radius 3 is 2.53 bits per heavy atom. The molecule has 0 unspecified atom stereocenters. The van der Waals surface area contributed by atoms with E-state index in [4.69, 9.17) is 9.26 Å². The summed E-state index contributed by atoms with van der Waals surface area (Å²) >= 11 is 0. The van der Waals surface area contributed by atoms with Gasteiger partial charge in [-0.05, 0) is 29.8 Å². The van der Waals surface area contributed by atoms with Crippen LogP contribution in [0.25, 0.3) is 17.5 Å². The van der Waals surface area contributed by atoms with Gasteiger partial charge in [-0.2, -0.15) is 4.98 Å². The molecule has 1 aromatic heterocycles. The monoisotopic (exact) mass is 432 g/mol. The van der Waals surface area contributed by atoms with E-state index in [1.54, 1.807) is 7.11 Å². The number of aryl methyl sites for hydroxylation is 1. The quantitative estimate of drug-likeness (QED) is 0.542. The van der Waals surface area contributed by atoms with Crippen molar-refractivity contribution in [1.82, 2.24) is 19.9 Å². The maximum Gasteiger partial charge on any atom is 0.227 e. The van der Waals surface area contributed by atoms with Crippen LogP contribution in [0, 0.1) is 0 Å². The van der Waals surface area contributed by atoms with Crippen molar-refractivity contribution in [3.8, 4) is 17.1 Å². The highest BCUT2D eigenvalue weighted by Gasteiger charge is 2.21. The Labute approximate surface area is 188 Å². The molecule has 2 heterocycles. The van der Waals surface area contributed by atoms with E-state index in [-0.39, 0.29) is 5.91 Å². The van der Waals surface area contributed by atoms with Crippen LogP contribution in [0.2, 0.25) is 0 Å². The largest absolute Gasteiger partial charge is 0.497 e. The van der Waals surface area contributed by atoms with Gasteiger partial charge in [0.05, 0.1) is 7.11 Å². The van der Waals surface area contributed by atoms with Crippen LogP contribution >= 0.6 is 0 Å². The number of hydrogen-bond donors (Lipinski definition) is 0. The summed E-state index contributed by atoms with van der Waals surface area (Å²) in [5, 5.41) is 4.03. The third kappa shape index (κ3) is 5.82. The lowest BCUT2D eigenvalue weighted by molar-refractivity contribution is -0.132. The van der Waals surface area contributed by atoms with Gasteiger partial charge in [0.15, 0.2) is 0 Å². The van der Waals surface area contributed by atoms with Gasteiger partial charge in [0.2, 0.25) is 17.6 Å². The molecule has 0 radical (unpaired) electrons. The molecule has 0 N–H and O–H groups in total. The highest BCUT2D eigenvalue weighted by molar-refractivity contribution is 5.76. The lowest BCUT2D eigenvalue weighted by atomic mass is 10.2. The van der Waals surface area contributed by atoms with Gasteiger partial charge in [-0.3, -0.25) is 9.69 Å². The predicted molar refractivity (Wildman–Crippen MR) is 123 cm³/mol. The van der Waals surface area contributed by atoms with E-state index in [1.807, 2.05) is 47.4 Å². The second-order valence-electron chi connectivity index (χ2n) is 7.73. The molecule has 0 aliphatic carbocycles. The Bertz CT molecular complexity index is 1020. The van der Waals surface area contributed by atoms with Crippen LogP contribution in [0.5, 0.6) is 5.75 Å². The first-order valence-electron chi connectivity index (χ1n) is 10.9. The van der Waals surface area contributed by atoms with Gasteiger partial charge in [-0.15, -0.1) is 0 Å². The molecule has 1 aliphatic heterocycles. The minimum absolute atomic E-state index is 0.133. The first-order chi connectivity index (χ1) is 15.7. The Morgan fingerprint density at radius 1 is 1.06 bits per heavy atom. The number of methoxy groups -OCH3 is 1. The summed E-state index contributed by atoms with van der Waals surface area (Å²) in [6.07, 6.45) is 5.14. The molecule has 0 bridgehead atoms. The van der Waals surface area contributed by atoms with Crippen LogP contribution in [-0.4, -0.2) is 65.7 Å². The molecular weight excluding hydrogens is 404 g/mol. The number of piperazine rings is 1. The van der Waals surface area contributed by atoms with Gasteiger partial charge in [0.25, 0.3) is 0 Å². The number of benzene rings is 2. The summed E-state index contributed by atoms with van der Waals surface area (Å²) in [4.78, 5) is 21.3. The fraction of sp³-hybridized carbons (Fsp3) is 0.320. The standard InChI is InChI=1S/C25H28N4O3/c1-31-22-11-9-21(10-12-22)25-26-23(32-27-25)13-14-24(30)29-18-16-28(17-19-29)15-5-8-20-6-3-2-4-7-20/h2-12H,13-19H2,1H3/b8-5+. The smallest absolute Gasteiger partial charge is 0.227 e. The average molecular weight is 433 g/mol. The molecule has 4 rings (SSSR count). The molecule has 32 heavy (non-hydrogen) atoms. The summed E-state index contributed by atoms with van der Waals surface area (Å²) in [5.41, 5.74) is 2.06. The van der Waals surface area contributed by atoms with E-state index in [2.05, 4.69) is 39.3 Å². The molecule has 1 saturated heterocycles. The van der Waals surface area contributed by atoms with Crippen LogP contribution in [-0.2, 0) is 11.2 Å². The van der Waals surface area contributed by atoms with E-state index in [0.717, 1.165) is 44.0 Å². The van der Waals surface area contributed by atoms with E-state index >= 15 is 0 Å². The second-order valence-corrected chi connectivity index (χ2v) is 7.73. The lowest BCUT2D eigenvalue weighted by Crippen LogP contribution is -2.48. The van der Waals surface area contributed by atoms with Crippen LogP contribution in [0.1, 0.15) is 17.9 Å². The fourth-order valence-corrected chi connectivity index (χ4v) is 3.67. The Hall–Kier alpha value is -3.45. The van der Waals surface area contributed by atoms with Crippen molar-refractivity contribution in [2.24, 2.45) is 0 Å². The first kappa shape index (κ1) is 21.8. The maximum absolute atomic E-state index is 12.6. The zero-order valence-electron chi connectivity index (χ0n) is 18.3. The zero-order valence-corrected chi connectivity index (χ0v) is 18.3. The molecule has 0 atom stereocenters. The molecular formula is C25H28N4O3. The molecule has 1 amide bonds. The summed E-state index contributed by atoms with van der Waals surface area (Å²) < 4.78 is 10.5. The number of ether oxygens (including phenoxy) is 1. The Kier molecular flexibility index (Phi) is 7.30. The molecule has 0 spiro atoms. The molecule has 2 aromatic carbocycles. The highest BCUT2D eigenvalue weighted by Crippen LogP contribution is 2.20. The average Bonchev–Trinajstić information content (AvgIpc) is 3.33. The number of carbonyl (C=O) groups is 1. The van der Waals surface area contributed by atoms with Crippen molar-refractivity contribution in [1.29, 1.82) is 0 Å². The Balaban J connectivity index is 1.20. The van der Waals surface area contributed by atoms with Gasteiger partial charge < -0.3 is 14.2 Å². The van der Waals surface area contributed by atoms with Crippen LogP contribution in [0.4, 0.5) is 0 Å². The van der Waals surface area contributed by atoms with E-state index in [0.29, 0.717) is 24.6 Å². The van der Waals surface area contributed by atoms with Crippen molar-refractivity contribution in [2.45, 2.75) is 12.8 Å². The van der Waals surface area contributed by atoms with Crippen LogP contribution in [0.15, 0.2) is 65.2 Å². The first-order valence-corrected chi connectivity index (χ1v) is 10.9. The van der Waals surface area contributed by atoms with E-state index < -0.39 is 0 Å². The van der Waals surface area contributed by atoms with Crippen molar-refractivity contribution < 1.29 is 14.1 Å². The van der Waals surface area contributed by atoms with Crippen molar-refractivity contribution in [2.75, 3.05) is 39.8 Å². The predicted octanol–water partition coefficient (Wildman–Crippen LogP) is 3.54. The topological polar surface area (TPSA) is 71.7 Å². The number of carbonyl (C=O) groups excluding carboxylic acids is 1. The van der Waals surface area contributed by atoms with Gasteiger partial charge in [-0.25, -0.2) is 0 Å². The summed E-state index contributed by atoms with van der Waals surface area (Å²) in [6.45, 7) is 4.16. The minimum Gasteiger partial charge on any atom is -0.497 e. The number of rotatable bonds is 8. The molecule has 3 aromatic rings. The third-order valence-corrected chi connectivity index (χ3v) is 5.57. The molecule has 1 fully saturated rings. The van der Waals surface area contributed by atoms with Gasteiger partial charge in [0.1, 0.15) is 5.75 Å². The fourth-order valence-electron chi connectivity index (χ4n) is 3.67. The minimum atomic E-state index is 0.133. The second kappa shape index (κ2) is 10.7. The summed E-state index contributed by atoms with van der Waals surface area (Å²) in [5.74, 6) is 1.91. The van der Waals surface area contributed by atoms with Crippen LogP contribution in [0.3, 0.4) is 0 Å². The molecule has 7 heteroatoms. The number of hydrogen-bond acceptors (Lipinski definition) is 6. The number of aromatic nitrogens is 2. The van der Waals surface area contributed by atoms with Crippen LogP contribution < -0.4 is 4.74 Å². The summed E-state index contributed by atoms with van der Waals surface area (Å²) in [7, 11) is 1.63. The molecule has 0 saturated carbocycles. The van der Waals surface area contributed by atoms with Crippen molar-refractivity contribution >= 4 is 12.0 Å². The number of nitrogens with zero attached hydrogens (tertiary/aromatic N) is 4. The normalized spacial score (nSPS) is 14.7. The van der Waals surface area contributed by atoms with E-state index in [9.17, 15) is 4.79 Å². The Morgan fingerprint density at radius 2 is 1.81 bits per heavy atom. The SMILES string of the molecule is COc1ccc(-c2noc(CCC(=O)N3CCN(C/C=C/c4ccccc4)CC3)n2)cc1. The van der Waals surface area contributed by atoms with Gasteiger partial charge >= 0.3 is 0 Å². The van der Waals surface area contributed by atoms with Gasteiger partial charge in [0, 0.05) is 51.1 Å². The number of amides is 1. The van der Waals surface area contributed by atoms with E-state index in [1.165, 1.54) is 5.56 Å². The molecule has 1 aliphatic rings. The maximum atomic E-state index is 12.6. The van der Waals surface area contributed by atoms with Crippen molar-refractivity contribution in [3.63, 3.8) is 0 Å². The van der Waals surface area contributed by atoms with Gasteiger partial charge in [-0.1, -0.05) is 47.6 Å². The summed E-state index contributed by atoms with van der Waals surface area (Å²) in [6, 6.07) is 17.8. The highest BCUT2D eigenvalue weighted by atomic mass is 16.5.